The molecular weight excluding hydrogens is 400 g/mol. The highest BCUT2D eigenvalue weighted by Gasteiger charge is 2.27. The van der Waals surface area contributed by atoms with Crippen LogP contribution in [0, 0.1) is 6.92 Å². The molecule has 8 nitrogen and oxygen atoms in total. The molecule has 2 amide bonds. The number of primary amides is 1. The van der Waals surface area contributed by atoms with Gasteiger partial charge in [-0.25, -0.2) is 4.79 Å². The van der Waals surface area contributed by atoms with E-state index in [1.165, 1.54) is 6.20 Å². The van der Waals surface area contributed by atoms with E-state index in [-0.39, 0.29) is 27.2 Å². The van der Waals surface area contributed by atoms with E-state index >= 15 is 0 Å². The van der Waals surface area contributed by atoms with Gasteiger partial charge in [-0.05, 0) is 42.3 Å². The Hall–Kier alpha value is -2.20. The predicted octanol–water partition coefficient (Wildman–Crippen LogP) is 2.46. The second-order valence-electron chi connectivity index (χ2n) is 5.13. The molecule has 0 spiro atoms. The molecule has 0 saturated heterocycles. The number of halogens is 1. The van der Waals surface area contributed by atoms with Gasteiger partial charge in [-0.2, -0.15) is 5.10 Å². The van der Waals surface area contributed by atoms with Crippen molar-refractivity contribution < 1.29 is 19.1 Å². The molecule has 0 aliphatic carbocycles. The lowest BCUT2D eigenvalue weighted by Gasteiger charge is -2.10. The molecule has 0 aliphatic heterocycles. The van der Waals surface area contributed by atoms with Crippen LogP contribution < -0.4 is 11.1 Å². The summed E-state index contributed by atoms with van der Waals surface area (Å²) in [4.78, 5) is 36.4. The van der Waals surface area contributed by atoms with E-state index in [2.05, 4.69) is 31.4 Å². The highest BCUT2D eigenvalue weighted by atomic mass is 79.9. The van der Waals surface area contributed by atoms with Gasteiger partial charge in [-0.1, -0.05) is 0 Å². The lowest BCUT2D eigenvalue weighted by atomic mass is 10.1. The molecule has 2 aromatic rings. The molecule has 10 heteroatoms. The van der Waals surface area contributed by atoms with E-state index in [0.29, 0.717) is 10.0 Å². The van der Waals surface area contributed by atoms with Crippen LogP contribution in [0.3, 0.4) is 0 Å². The van der Waals surface area contributed by atoms with Crippen LogP contribution in [0.25, 0.3) is 0 Å². The van der Waals surface area contributed by atoms with Gasteiger partial charge in [0, 0.05) is 0 Å². The van der Waals surface area contributed by atoms with Gasteiger partial charge in [0.1, 0.15) is 10.7 Å². The van der Waals surface area contributed by atoms with Crippen LogP contribution in [0.1, 0.15) is 49.9 Å². The van der Waals surface area contributed by atoms with Gasteiger partial charge in [0.25, 0.3) is 11.8 Å². The maximum Gasteiger partial charge on any atom is 0.341 e. The number of aromatic nitrogens is 2. The second kappa shape index (κ2) is 7.14. The van der Waals surface area contributed by atoms with Gasteiger partial charge in [-0.3, -0.25) is 14.7 Å². The van der Waals surface area contributed by atoms with E-state index in [1.54, 1.807) is 20.8 Å². The summed E-state index contributed by atoms with van der Waals surface area (Å²) in [5.41, 5.74) is 6.01. The van der Waals surface area contributed by atoms with Crippen molar-refractivity contribution in [1.29, 1.82) is 0 Å². The number of rotatable bonds is 5. The first kappa shape index (κ1) is 18.1. The molecule has 0 atom stereocenters. The average Bonchev–Trinajstić information content (AvgIpc) is 3.01. The van der Waals surface area contributed by atoms with Crippen molar-refractivity contribution in [1.82, 2.24) is 10.2 Å². The van der Waals surface area contributed by atoms with Gasteiger partial charge in [0.05, 0.1) is 27.2 Å². The summed E-state index contributed by atoms with van der Waals surface area (Å²) in [6.45, 7) is 4.98. The SMILES string of the molecule is Cc1c(C(N)=O)sc(NC(=O)c2[nH]ncc2Br)c1C(=O)OC(C)C. The highest BCUT2D eigenvalue weighted by Crippen LogP contribution is 2.34. The Morgan fingerprint density at radius 2 is 2.08 bits per heavy atom. The van der Waals surface area contributed by atoms with Crippen LogP contribution in [-0.2, 0) is 4.74 Å². The molecule has 2 aromatic heterocycles. The zero-order valence-electron chi connectivity index (χ0n) is 13.1. The summed E-state index contributed by atoms with van der Waals surface area (Å²) in [5, 5.41) is 9.06. The minimum atomic E-state index is -0.681. The van der Waals surface area contributed by atoms with Crippen molar-refractivity contribution in [2.75, 3.05) is 5.32 Å². The summed E-state index contributed by atoms with van der Waals surface area (Å²) in [5.74, 6) is -1.83. The normalized spacial score (nSPS) is 10.7. The lowest BCUT2D eigenvalue weighted by Crippen LogP contribution is -2.17. The molecule has 0 bridgehead atoms. The molecule has 24 heavy (non-hydrogen) atoms. The largest absolute Gasteiger partial charge is 0.459 e. The summed E-state index contributed by atoms with van der Waals surface area (Å²) < 4.78 is 5.65. The number of ether oxygens (including phenoxy) is 1. The minimum Gasteiger partial charge on any atom is -0.459 e. The van der Waals surface area contributed by atoms with Crippen LogP contribution >= 0.6 is 27.3 Å². The quantitative estimate of drug-likeness (QED) is 0.647. The number of aromatic amines is 1. The number of carbonyl (C=O) groups is 3. The van der Waals surface area contributed by atoms with Crippen LogP contribution in [0.4, 0.5) is 5.00 Å². The Balaban J connectivity index is 2.42. The lowest BCUT2D eigenvalue weighted by molar-refractivity contribution is 0.0379. The topological polar surface area (TPSA) is 127 Å². The molecule has 0 radical (unpaired) electrons. The van der Waals surface area contributed by atoms with E-state index in [9.17, 15) is 14.4 Å². The summed E-state index contributed by atoms with van der Waals surface area (Å²) >= 11 is 4.11. The molecule has 0 fully saturated rings. The van der Waals surface area contributed by atoms with Crippen molar-refractivity contribution in [2.24, 2.45) is 5.73 Å². The molecule has 0 unspecified atom stereocenters. The van der Waals surface area contributed by atoms with E-state index in [4.69, 9.17) is 10.5 Å². The van der Waals surface area contributed by atoms with E-state index in [0.717, 1.165) is 11.3 Å². The Kier molecular flexibility index (Phi) is 5.40. The molecule has 2 rings (SSSR count). The zero-order chi connectivity index (χ0) is 18.0. The second-order valence-corrected chi connectivity index (χ2v) is 7.00. The van der Waals surface area contributed by atoms with Crippen LogP contribution in [0.2, 0.25) is 0 Å². The standard InChI is InChI=1S/C14H15BrN4O4S/c1-5(2)23-14(22)8-6(3)10(11(16)20)24-13(8)18-12(21)9-7(15)4-17-19-9/h4-5H,1-3H3,(H2,16,20)(H,17,19)(H,18,21). The monoisotopic (exact) mass is 414 g/mol. The molecule has 4 N–H and O–H groups in total. The first-order valence-electron chi connectivity index (χ1n) is 6.86. The van der Waals surface area contributed by atoms with Gasteiger partial charge >= 0.3 is 5.97 Å². The summed E-state index contributed by atoms with van der Waals surface area (Å²) in [6.07, 6.45) is 1.08. The fourth-order valence-corrected chi connectivity index (χ4v) is 3.36. The predicted molar refractivity (Wildman–Crippen MR) is 92.4 cm³/mol. The van der Waals surface area contributed by atoms with Crippen molar-refractivity contribution >= 4 is 50.1 Å². The summed E-state index contributed by atoms with van der Waals surface area (Å²) in [6, 6.07) is 0. The van der Waals surface area contributed by atoms with Crippen molar-refractivity contribution in [3.8, 4) is 0 Å². The third kappa shape index (κ3) is 3.65. The summed E-state index contributed by atoms with van der Waals surface area (Å²) in [7, 11) is 0. The average molecular weight is 415 g/mol. The zero-order valence-corrected chi connectivity index (χ0v) is 15.5. The van der Waals surface area contributed by atoms with Crippen molar-refractivity contribution in [3.05, 3.63) is 32.4 Å². The maximum atomic E-state index is 12.3. The Morgan fingerprint density at radius 1 is 1.42 bits per heavy atom. The number of amides is 2. The Labute approximate surface area is 149 Å². The van der Waals surface area contributed by atoms with Crippen molar-refractivity contribution in [3.63, 3.8) is 0 Å². The third-order valence-corrected chi connectivity index (χ3v) is 4.79. The van der Waals surface area contributed by atoms with E-state index in [1.807, 2.05) is 0 Å². The first-order valence-corrected chi connectivity index (χ1v) is 8.47. The molecule has 0 aromatic carbocycles. The first-order chi connectivity index (χ1) is 11.2. The number of esters is 1. The number of carbonyl (C=O) groups excluding carboxylic acids is 3. The Bertz CT molecular complexity index is 812. The number of H-pyrrole nitrogens is 1. The number of nitrogens with one attached hydrogen (secondary N) is 2. The molecular formula is C14H15BrN4O4S. The van der Waals surface area contributed by atoms with Crippen LogP contribution in [-0.4, -0.2) is 34.1 Å². The molecule has 0 saturated carbocycles. The molecule has 128 valence electrons. The number of hydrogen-bond acceptors (Lipinski definition) is 6. The number of nitrogens with two attached hydrogens (primary N) is 1. The highest BCUT2D eigenvalue weighted by molar-refractivity contribution is 9.10. The number of hydrogen-bond donors (Lipinski definition) is 3. The van der Waals surface area contributed by atoms with Crippen molar-refractivity contribution in [2.45, 2.75) is 26.9 Å². The Morgan fingerprint density at radius 3 is 2.58 bits per heavy atom. The maximum absolute atomic E-state index is 12.3. The van der Waals surface area contributed by atoms with Gasteiger partial charge in [0.15, 0.2) is 0 Å². The number of thiophene rings is 1. The fraction of sp³-hybridized carbons (Fsp3) is 0.286. The molecule has 2 heterocycles. The fourth-order valence-electron chi connectivity index (χ4n) is 1.95. The molecule has 0 aliphatic rings. The van der Waals surface area contributed by atoms with Gasteiger partial charge in [0.2, 0.25) is 0 Å². The van der Waals surface area contributed by atoms with Crippen LogP contribution in [0.5, 0.6) is 0 Å². The van der Waals surface area contributed by atoms with Gasteiger partial charge in [-0.15, -0.1) is 11.3 Å². The number of anilines is 1. The smallest absolute Gasteiger partial charge is 0.341 e. The third-order valence-electron chi connectivity index (χ3n) is 2.96. The van der Waals surface area contributed by atoms with Gasteiger partial charge < -0.3 is 15.8 Å². The van der Waals surface area contributed by atoms with Crippen LogP contribution in [0.15, 0.2) is 10.7 Å². The minimum absolute atomic E-state index is 0.117. The number of nitrogens with zero attached hydrogens (tertiary/aromatic N) is 1. The van der Waals surface area contributed by atoms with E-state index < -0.39 is 17.8 Å².